The van der Waals surface area contributed by atoms with Crippen LogP contribution in [0.5, 0.6) is 5.75 Å². The maximum Gasteiger partial charge on any atom is 0.343 e. The van der Waals surface area contributed by atoms with Crippen LogP contribution in [0.3, 0.4) is 0 Å². The third-order valence-electron chi connectivity index (χ3n) is 5.26. The molecule has 0 N–H and O–H groups in total. The Labute approximate surface area is 159 Å². The predicted octanol–water partition coefficient (Wildman–Crippen LogP) is 5.82. The van der Waals surface area contributed by atoms with E-state index < -0.39 is 11.8 Å². The minimum absolute atomic E-state index is 0.0768. The standard InChI is InChI=1S/C23H24FNO2/c24-22-15-21(14-13-20(22)16-25)27-23(26)19-11-9-18(10-12-19)8-4-3-7-17-5-1-2-6-17/h9-15,17H,1-8H2. The lowest BCUT2D eigenvalue weighted by Crippen LogP contribution is -2.08. The van der Waals surface area contributed by atoms with Gasteiger partial charge in [0.25, 0.3) is 0 Å². The molecule has 0 spiro atoms. The molecule has 0 amide bonds. The summed E-state index contributed by atoms with van der Waals surface area (Å²) in [5, 5.41) is 8.73. The van der Waals surface area contributed by atoms with Gasteiger partial charge >= 0.3 is 5.97 Å². The third kappa shape index (κ3) is 5.40. The minimum atomic E-state index is -0.698. The Hall–Kier alpha value is -2.67. The molecule has 4 heteroatoms. The molecule has 2 aromatic rings. The minimum Gasteiger partial charge on any atom is -0.423 e. The van der Waals surface area contributed by atoms with E-state index in [9.17, 15) is 9.18 Å². The van der Waals surface area contributed by atoms with Crippen LogP contribution in [-0.4, -0.2) is 5.97 Å². The highest BCUT2D eigenvalue weighted by Crippen LogP contribution is 2.29. The molecule has 0 bridgehead atoms. The Bertz CT molecular complexity index is 817. The lowest BCUT2D eigenvalue weighted by atomic mass is 9.98. The molecule has 0 heterocycles. The highest BCUT2D eigenvalue weighted by molar-refractivity contribution is 5.91. The molecule has 0 saturated heterocycles. The molecule has 2 aromatic carbocycles. The molecule has 1 aliphatic carbocycles. The van der Waals surface area contributed by atoms with Crippen LogP contribution in [0.1, 0.15) is 66.4 Å². The molecule has 0 aromatic heterocycles. The molecular formula is C23H24FNO2. The van der Waals surface area contributed by atoms with Crippen molar-refractivity contribution in [2.45, 2.75) is 51.4 Å². The molecule has 0 aliphatic heterocycles. The lowest BCUT2D eigenvalue weighted by Gasteiger charge is -2.08. The van der Waals surface area contributed by atoms with Crippen LogP contribution in [0, 0.1) is 23.1 Å². The second-order valence-corrected chi connectivity index (χ2v) is 7.24. The highest BCUT2D eigenvalue weighted by Gasteiger charge is 2.14. The van der Waals surface area contributed by atoms with Crippen LogP contribution in [0.25, 0.3) is 0 Å². The first-order chi connectivity index (χ1) is 13.2. The van der Waals surface area contributed by atoms with Gasteiger partial charge in [-0.2, -0.15) is 5.26 Å². The van der Waals surface area contributed by atoms with Gasteiger partial charge in [-0.15, -0.1) is 0 Å². The van der Waals surface area contributed by atoms with E-state index in [0.29, 0.717) is 5.56 Å². The van der Waals surface area contributed by atoms with Gasteiger partial charge in [-0.05, 0) is 48.6 Å². The largest absolute Gasteiger partial charge is 0.423 e. The first-order valence-corrected chi connectivity index (χ1v) is 9.66. The molecule has 3 nitrogen and oxygen atoms in total. The van der Waals surface area contributed by atoms with Crippen LogP contribution >= 0.6 is 0 Å². The molecular weight excluding hydrogens is 341 g/mol. The Morgan fingerprint density at radius 2 is 1.85 bits per heavy atom. The van der Waals surface area contributed by atoms with Gasteiger partial charge in [0.2, 0.25) is 0 Å². The summed E-state index contributed by atoms with van der Waals surface area (Å²) >= 11 is 0. The number of hydrogen-bond acceptors (Lipinski definition) is 3. The van der Waals surface area contributed by atoms with Crippen molar-refractivity contribution in [2.75, 3.05) is 0 Å². The van der Waals surface area contributed by atoms with Gasteiger partial charge in [0.1, 0.15) is 17.6 Å². The number of carbonyl (C=O) groups is 1. The fourth-order valence-corrected chi connectivity index (χ4v) is 3.68. The fraction of sp³-hybridized carbons (Fsp3) is 0.391. The van der Waals surface area contributed by atoms with Gasteiger partial charge in [-0.3, -0.25) is 0 Å². The van der Waals surface area contributed by atoms with Crippen molar-refractivity contribution in [3.05, 3.63) is 65.0 Å². The SMILES string of the molecule is N#Cc1ccc(OC(=O)c2ccc(CCCCC3CCCC3)cc2)cc1F. The molecule has 3 rings (SSSR count). The first kappa shape index (κ1) is 19.1. The molecule has 0 radical (unpaired) electrons. The van der Waals surface area contributed by atoms with Crippen molar-refractivity contribution in [2.24, 2.45) is 5.92 Å². The molecule has 0 unspecified atom stereocenters. The van der Waals surface area contributed by atoms with Crippen molar-refractivity contribution in [3.63, 3.8) is 0 Å². The zero-order valence-electron chi connectivity index (χ0n) is 15.4. The zero-order chi connectivity index (χ0) is 19.1. The van der Waals surface area contributed by atoms with Gasteiger partial charge in [-0.1, -0.05) is 50.7 Å². The summed E-state index contributed by atoms with van der Waals surface area (Å²) in [6.45, 7) is 0. The summed E-state index contributed by atoms with van der Waals surface area (Å²) in [7, 11) is 0. The van der Waals surface area contributed by atoms with E-state index in [0.717, 1.165) is 18.4 Å². The van der Waals surface area contributed by atoms with Gasteiger partial charge in [-0.25, -0.2) is 9.18 Å². The molecule has 27 heavy (non-hydrogen) atoms. The summed E-state index contributed by atoms with van der Waals surface area (Å²) in [6.07, 6.45) is 10.4. The maximum absolute atomic E-state index is 13.6. The number of esters is 1. The number of unbranched alkanes of at least 4 members (excludes halogenated alkanes) is 1. The third-order valence-corrected chi connectivity index (χ3v) is 5.26. The van der Waals surface area contributed by atoms with Gasteiger partial charge in [0, 0.05) is 6.07 Å². The zero-order valence-corrected chi connectivity index (χ0v) is 15.4. The fourth-order valence-electron chi connectivity index (χ4n) is 3.68. The van der Waals surface area contributed by atoms with Gasteiger partial charge in [0.15, 0.2) is 0 Å². The van der Waals surface area contributed by atoms with Crippen LogP contribution in [0.2, 0.25) is 0 Å². The number of benzene rings is 2. The highest BCUT2D eigenvalue weighted by atomic mass is 19.1. The van der Waals surface area contributed by atoms with Crippen LogP contribution in [0.15, 0.2) is 42.5 Å². The smallest absolute Gasteiger partial charge is 0.343 e. The van der Waals surface area contributed by atoms with Crippen molar-refractivity contribution in [1.29, 1.82) is 5.26 Å². The van der Waals surface area contributed by atoms with E-state index in [2.05, 4.69) is 0 Å². The number of nitrogens with zero attached hydrogens (tertiary/aromatic N) is 1. The Balaban J connectivity index is 1.48. The number of rotatable bonds is 7. The summed E-state index contributed by atoms with van der Waals surface area (Å²) in [4.78, 5) is 12.2. The Kier molecular flexibility index (Phi) is 6.59. The maximum atomic E-state index is 13.6. The monoisotopic (exact) mass is 365 g/mol. The number of halogens is 1. The van der Waals surface area contributed by atoms with E-state index >= 15 is 0 Å². The molecule has 1 aliphatic rings. The summed E-state index contributed by atoms with van der Waals surface area (Å²) < 4.78 is 18.8. The second kappa shape index (κ2) is 9.32. The summed E-state index contributed by atoms with van der Waals surface area (Å²) in [6, 6.07) is 12.9. The molecule has 1 fully saturated rings. The quantitative estimate of drug-likeness (QED) is 0.353. The van der Waals surface area contributed by atoms with Crippen molar-refractivity contribution in [3.8, 4) is 11.8 Å². The van der Waals surface area contributed by atoms with Crippen LogP contribution in [0.4, 0.5) is 4.39 Å². The Morgan fingerprint density at radius 1 is 1.11 bits per heavy atom. The van der Waals surface area contributed by atoms with Crippen LogP contribution < -0.4 is 4.74 Å². The Morgan fingerprint density at radius 3 is 2.52 bits per heavy atom. The van der Waals surface area contributed by atoms with Crippen LogP contribution in [-0.2, 0) is 6.42 Å². The van der Waals surface area contributed by atoms with Crippen molar-refractivity contribution < 1.29 is 13.9 Å². The van der Waals surface area contributed by atoms with Gasteiger partial charge in [0.05, 0.1) is 11.1 Å². The number of hydrogen-bond donors (Lipinski definition) is 0. The molecule has 0 atom stereocenters. The van der Waals surface area contributed by atoms with E-state index in [4.69, 9.17) is 10.00 Å². The van der Waals surface area contributed by atoms with Crippen molar-refractivity contribution in [1.82, 2.24) is 0 Å². The number of ether oxygens (including phenoxy) is 1. The van der Waals surface area contributed by atoms with Gasteiger partial charge < -0.3 is 4.74 Å². The lowest BCUT2D eigenvalue weighted by molar-refractivity contribution is 0.0734. The van der Waals surface area contributed by atoms with Crippen molar-refractivity contribution >= 4 is 5.97 Å². The number of carbonyl (C=O) groups excluding carboxylic acids is 1. The molecule has 1 saturated carbocycles. The average Bonchev–Trinajstić information content (AvgIpc) is 3.19. The summed E-state index contributed by atoms with van der Waals surface area (Å²) in [5.74, 6) is -0.204. The number of aryl methyl sites for hydroxylation is 1. The van der Waals surface area contributed by atoms with E-state index in [-0.39, 0.29) is 11.3 Å². The normalized spacial score (nSPS) is 14.1. The van der Waals surface area contributed by atoms with E-state index in [1.54, 1.807) is 18.2 Å². The predicted molar refractivity (Wildman–Crippen MR) is 102 cm³/mol. The molecule has 140 valence electrons. The first-order valence-electron chi connectivity index (χ1n) is 9.66. The topological polar surface area (TPSA) is 50.1 Å². The van der Waals surface area contributed by atoms with E-state index in [1.165, 1.54) is 62.6 Å². The number of nitriles is 1. The summed E-state index contributed by atoms with van der Waals surface area (Å²) in [5.41, 5.74) is 1.56. The average molecular weight is 365 g/mol. The second-order valence-electron chi connectivity index (χ2n) is 7.24. The van der Waals surface area contributed by atoms with E-state index in [1.807, 2.05) is 12.1 Å².